The summed E-state index contributed by atoms with van der Waals surface area (Å²) >= 11 is 0. The number of rotatable bonds is 3. The van der Waals surface area contributed by atoms with Crippen molar-refractivity contribution >= 4 is 34.3 Å². The van der Waals surface area contributed by atoms with Crippen LogP contribution in [0.1, 0.15) is 43.2 Å². The molecule has 4 saturated carbocycles. The van der Waals surface area contributed by atoms with E-state index in [9.17, 15) is 9.18 Å². The topological polar surface area (TPSA) is 71.0 Å². The van der Waals surface area contributed by atoms with Gasteiger partial charge in [0.15, 0.2) is 0 Å². The van der Waals surface area contributed by atoms with E-state index in [1.54, 1.807) is 6.20 Å². The van der Waals surface area contributed by atoms with Gasteiger partial charge in [0.1, 0.15) is 12.0 Å². The number of nitrogens with one attached hydrogen (secondary N) is 1. The van der Waals surface area contributed by atoms with Crippen LogP contribution in [-0.2, 0) is 10.2 Å². The fourth-order valence-electron chi connectivity index (χ4n) is 6.04. The smallest absolute Gasteiger partial charge is 0.239 e. The molecule has 2 bridgehead atoms. The first kappa shape index (κ1) is 17.6. The number of pyridine rings is 1. The monoisotopic (exact) mass is 415 g/mol. The average Bonchev–Trinajstić information content (AvgIpc) is 3.32. The van der Waals surface area contributed by atoms with Gasteiger partial charge in [0.2, 0.25) is 11.9 Å². The normalized spacial score (nSPS) is 29.4. The summed E-state index contributed by atoms with van der Waals surface area (Å²) in [5.74, 6) is 1.35. The van der Waals surface area contributed by atoms with E-state index in [0.29, 0.717) is 18.2 Å². The maximum Gasteiger partial charge on any atom is 0.239 e. The van der Waals surface area contributed by atoms with Crippen LogP contribution in [0.3, 0.4) is 0 Å². The minimum Gasteiger partial charge on any atom is -0.324 e. The lowest BCUT2D eigenvalue weighted by Gasteiger charge is -2.45. The Balaban J connectivity index is 1.29. The zero-order valence-corrected chi connectivity index (χ0v) is 17.2. The Morgan fingerprint density at radius 1 is 1.19 bits per heavy atom. The van der Waals surface area contributed by atoms with E-state index in [2.05, 4.69) is 15.3 Å². The number of hydrogen-bond donors (Lipinski definition) is 1. The lowest BCUT2D eigenvalue weighted by Crippen LogP contribution is -2.55. The number of carbonyl (C=O) groups is 1. The molecule has 1 aliphatic heterocycles. The number of alkyl halides is 1. The molecule has 1 spiro atoms. The van der Waals surface area contributed by atoms with Crippen LogP contribution in [0.15, 0.2) is 36.7 Å². The molecule has 4 fully saturated rings. The van der Waals surface area contributed by atoms with Gasteiger partial charge in [0, 0.05) is 35.5 Å². The highest BCUT2D eigenvalue weighted by Crippen LogP contribution is 2.64. The van der Waals surface area contributed by atoms with Crippen molar-refractivity contribution in [3.05, 3.63) is 47.8 Å². The molecule has 3 aromatic rings. The zero-order chi connectivity index (χ0) is 21.0. The summed E-state index contributed by atoms with van der Waals surface area (Å²) in [6, 6.07) is 8.01. The highest BCUT2D eigenvalue weighted by molar-refractivity contribution is 6.10. The summed E-state index contributed by atoms with van der Waals surface area (Å²) in [5.41, 5.74) is 2.95. The highest BCUT2D eigenvalue weighted by Gasteiger charge is 2.69. The predicted molar refractivity (Wildman–Crippen MR) is 115 cm³/mol. The van der Waals surface area contributed by atoms with Crippen LogP contribution in [-0.4, -0.2) is 32.6 Å². The van der Waals surface area contributed by atoms with E-state index in [0.717, 1.165) is 53.4 Å². The summed E-state index contributed by atoms with van der Waals surface area (Å²) in [5, 5.41) is 4.37. The van der Waals surface area contributed by atoms with Crippen LogP contribution in [0.4, 0.5) is 21.8 Å². The Morgan fingerprint density at radius 2 is 2.03 bits per heavy atom. The van der Waals surface area contributed by atoms with Gasteiger partial charge in [-0.05, 0) is 62.3 Å². The van der Waals surface area contributed by atoms with Crippen LogP contribution in [0.5, 0.6) is 0 Å². The molecule has 1 atom stereocenters. The Labute approximate surface area is 178 Å². The Bertz CT molecular complexity index is 1280. The first-order valence-electron chi connectivity index (χ1n) is 11.0. The molecule has 3 heterocycles. The number of carbonyl (C=O) groups excluding carboxylic acids is 1. The van der Waals surface area contributed by atoms with E-state index in [1.165, 1.54) is 0 Å². The number of aryl methyl sites for hydroxylation is 1. The highest BCUT2D eigenvalue weighted by atomic mass is 19.1. The lowest BCUT2D eigenvalue weighted by molar-refractivity contribution is -0.122. The largest absolute Gasteiger partial charge is 0.324 e. The van der Waals surface area contributed by atoms with Gasteiger partial charge in [-0.3, -0.25) is 14.7 Å². The van der Waals surface area contributed by atoms with Crippen molar-refractivity contribution in [3.8, 4) is 0 Å². The van der Waals surface area contributed by atoms with Crippen molar-refractivity contribution in [3.63, 3.8) is 0 Å². The fourth-order valence-corrected chi connectivity index (χ4v) is 6.04. The van der Waals surface area contributed by atoms with E-state index < -0.39 is 17.1 Å². The number of anilines is 3. The molecule has 7 heteroatoms. The van der Waals surface area contributed by atoms with Crippen LogP contribution in [0.25, 0.3) is 10.9 Å². The minimum absolute atomic E-state index is 0.0975. The molecule has 1 amide bonds. The third-order valence-corrected chi connectivity index (χ3v) is 7.90. The Hall–Kier alpha value is -3.09. The lowest BCUT2D eigenvalue weighted by atomic mass is 9.75. The molecular weight excluding hydrogens is 393 g/mol. The van der Waals surface area contributed by atoms with Crippen molar-refractivity contribution in [2.45, 2.75) is 56.2 Å². The zero-order valence-electron chi connectivity index (χ0n) is 17.2. The number of hydrogen-bond acceptors (Lipinski definition) is 5. The second-order valence-corrected chi connectivity index (χ2v) is 9.75. The van der Waals surface area contributed by atoms with Crippen molar-refractivity contribution in [2.24, 2.45) is 5.92 Å². The molecule has 0 radical (unpaired) electrons. The second kappa shape index (κ2) is 5.58. The van der Waals surface area contributed by atoms with E-state index in [4.69, 9.17) is 4.98 Å². The predicted octanol–water partition coefficient (Wildman–Crippen LogP) is 4.35. The summed E-state index contributed by atoms with van der Waals surface area (Å²) in [7, 11) is 0. The van der Waals surface area contributed by atoms with Gasteiger partial charge in [0.25, 0.3) is 0 Å². The third kappa shape index (κ3) is 2.21. The minimum atomic E-state index is -0.805. The van der Waals surface area contributed by atoms with Crippen molar-refractivity contribution in [2.75, 3.05) is 10.2 Å². The first-order chi connectivity index (χ1) is 15.0. The maximum absolute atomic E-state index is 14.3. The van der Waals surface area contributed by atoms with E-state index >= 15 is 0 Å². The molecule has 1 unspecified atom stereocenters. The molecule has 0 saturated heterocycles. The average molecular weight is 415 g/mol. The van der Waals surface area contributed by atoms with Crippen LogP contribution in [0, 0.1) is 12.8 Å². The molecule has 31 heavy (non-hydrogen) atoms. The molecule has 5 aliphatic rings. The number of benzene rings is 1. The quantitative estimate of drug-likeness (QED) is 0.689. The van der Waals surface area contributed by atoms with Crippen molar-refractivity contribution in [1.29, 1.82) is 0 Å². The van der Waals surface area contributed by atoms with Crippen molar-refractivity contribution < 1.29 is 9.18 Å². The van der Waals surface area contributed by atoms with Gasteiger partial charge in [-0.2, -0.15) is 4.98 Å². The first-order valence-corrected chi connectivity index (χ1v) is 11.0. The Kier molecular flexibility index (Phi) is 3.16. The van der Waals surface area contributed by atoms with Gasteiger partial charge in [-0.25, -0.2) is 9.37 Å². The molecule has 4 aliphatic carbocycles. The number of amides is 1. The third-order valence-electron chi connectivity index (χ3n) is 7.90. The van der Waals surface area contributed by atoms with Gasteiger partial charge in [-0.15, -0.1) is 0 Å². The van der Waals surface area contributed by atoms with Crippen LogP contribution >= 0.6 is 0 Å². The standard InChI is InChI=1S/C24H22FN5O/c1-13-7-19-14(3-2-6-26-19)8-18(13)28-22-27-12-16-20(29-22)30(21(31)24(16)4-5-24)23-9-15(10-23)17(25)11-23/h2-3,6-8,12,15,17H,4-5,9-11H2,1H3,(H,27,28,29). The van der Waals surface area contributed by atoms with Gasteiger partial charge in [0.05, 0.1) is 16.5 Å². The molecule has 8 rings (SSSR count). The van der Waals surface area contributed by atoms with Crippen LogP contribution in [0.2, 0.25) is 0 Å². The molecule has 1 aromatic carbocycles. The van der Waals surface area contributed by atoms with Gasteiger partial charge < -0.3 is 5.32 Å². The molecule has 6 nitrogen and oxygen atoms in total. The molecule has 156 valence electrons. The van der Waals surface area contributed by atoms with Crippen LogP contribution < -0.4 is 10.2 Å². The Morgan fingerprint density at radius 3 is 2.77 bits per heavy atom. The summed E-state index contributed by atoms with van der Waals surface area (Å²) in [4.78, 5) is 29.1. The number of fused-ring (bicyclic) bond motifs is 4. The molecule has 1 N–H and O–H groups in total. The van der Waals surface area contributed by atoms with E-state index in [1.807, 2.05) is 42.3 Å². The number of aromatic nitrogens is 3. The van der Waals surface area contributed by atoms with E-state index in [-0.39, 0.29) is 11.8 Å². The SMILES string of the molecule is Cc1cc2ncccc2cc1Nc1ncc2c(n1)N(C13CC(F)C(C1)C3)C(=O)C21CC1. The second-order valence-electron chi connectivity index (χ2n) is 9.75. The van der Waals surface area contributed by atoms with Gasteiger partial charge >= 0.3 is 0 Å². The number of nitrogens with zero attached hydrogens (tertiary/aromatic N) is 4. The number of halogens is 1. The summed E-state index contributed by atoms with van der Waals surface area (Å²) in [6.07, 6.45) is 6.39. The van der Waals surface area contributed by atoms with Crippen molar-refractivity contribution in [1.82, 2.24) is 15.0 Å². The molecule has 2 aromatic heterocycles. The summed E-state index contributed by atoms with van der Waals surface area (Å²) < 4.78 is 14.3. The van der Waals surface area contributed by atoms with Gasteiger partial charge in [-0.1, -0.05) is 6.07 Å². The molecular formula is C24H22FN5O. The fraction of sp³-hybridized carbons (Fsp3) is 0.417. The maximum atomic E-state index is 14.3. The summed E-state index contributed by atoms with van der Waals surface area (Å²) in [6.45, 7) is 2.02.